The Labute approximate surface area is 122 Å². The van der Waals surface area contributed by atoms with Crippen LogP contribution in [0, 0.1) is 5.82 Å². The number of hydrogen-bond donors (Lipinski definition) is 1. The van der Waals surface area contributed by atoms with Crippen LogP contribution in [0.2, 0.25) is 0 Å². The molecule has 4 rings (SSSR count). The zero-order valence-corrected chi connectivity index (χ0v) is 11.9. The molecule has 1 saturated carbocycles. The molecule has 0 amide bonds. The van der Waals surface area contributed by atoms with Crippen LogP contribution < -0.4 is 0 Å². The molecule has 1 aromatic heterocycles. The van der Waals surface area contributed by atoms with Crippen molar-refractivity contribution in [3.05, 3.63) is 29.9 Å². The van der Waals surface area contributed by atoms with E-state index in [1.807, 2.05) is 0 Å². The average molecular weight is 290 g/mol. The fourth-order valence-corrected chi connectivity index (χ4v) is 4.03. The van der Waals surface area contributed by atoms with Gasteiger partial charge in [-0.1, -0.05) is 12.8 Å². The third kappa shape index (κ3) is 2.07. The summed E-state index contributed by atoms with van der Waals surface area (Å²) >= 11 is 0. The van der Waals surface area contributed by atoms with Crippen molar-refractivity contribution in [2.75, 3.05) is 6.54 Å². The van der Waals surface area contributed by atoms with Gasteiger partial charge in [-0.15, -0.1) is 0 Å². The van der Waals surface area contributed by atoms with Crippen molar-refractivity contribution in [1.82, 2.24) is 9.88 Å². The standard InChI is InChI=1S/C16H19FN2O2/c17-11-3-4-13-12(9-11)18-15(21-13)10-19-8-5-14(20)16(19)6-1-2-7-16/h3-4,9,14,20H,1-2,5-8,10H2. The van der Waals surface area contributed by atoms with E-state index in [9.17, 15) is 9.50 Å². The summed E-state index contributed by atoms with van der Waals surface area (Å²) in [5.41, 5.74) is 1.09. The molecule has 1 unspecified atom stereocenters. The predicted octanol–water partition coefficient (Wildman–Crippen LogP) is 2.85. The lowest BCUT2D eigenvalue weighted by atomic mass is 9.91. The molecule has 21 heavy (non-hydrogen) atoms. The van der Waals surface area contributed by atoms with Crippen LogP contribution in [0.1, 0.15) is 38.0 Å². The Morgan fingerprint density at radius 2 is 2.19 bits per heavy atom. The van der Waals surface area contributed by atoms with E-state index in [1.165, 1.54) is 25.0 Å². The van der Waals surface area contributed by atoms with E-state index < -0.39 is 0 Å². The normalized spacial score (nSPS) is 25.3. The molecule has 0 radical (unpaired) electrons. The van der Waals surface area contributed by atoms with Gasteiger partial charge in [0.1, 0.15) is 11.3 Å². The third-order valence-electron chi connectivity index (χ3n) is 5.11. The molecule has 0 bridgehead atoms. The number of likely N-dealkylation sites (tertiary alicyclic amines) is 1. The van der Waals surface area contributed by atoms with E-state index in [-0.39, 0.29) is 17.5 Å². The Bertz CT molecular complexity index is 663. The van der Waals surface area contributed by atoms with Crippen molar-refractivity contribution in [1.29, 1.82) is 0 Å². The Kier molecular flexibility index (Phi) is 3.01. The maximum atomic E-state index is 13.2. The average Bonchev–Trinajstić information content (AvgIpc) is 3.15. The smallest absolute Gasteiger partial charge is 0.209 e. The largest absolute Gasteiger partial charge is 0.439 e. The number of halogens is 1. The summed E-state index contributed by atoms with van der Waals surface area (Å²) in [6.07, 6.45) is 5.00. The Hall–Kier alpha value is -1.46. The first-order valence-electron chi connectivity index (χ1n) is 7.65. The number of hydrogen-bond acceptors (Lipinski definition) is 4. The molecular formula is C16H19FN2O2. The van der Waals surface area contributed by atoms with Crippen LogP contribution in [0.25, 0.3) is 11.1 Å². The van der Waals surface area contributed by atoms with Gasteiger partial charge in [-0.2, -0.15) is 0 Å². The van der Waals surface area contributed by atoms with Gasteiger partial charge < -0.3 is 9.52 Å². The van der Waals surface area contributed by atoms with Crippen LogP contribution in [0.15, 0.2) is 22.6 Å². The van der Waals surface area contributed by atoms with Crippen molar-refractivity contribution < 1.29 is 13.9 Å². The molecule has 1 atom stereocenters. The fourth-order valence-electron chi connectivity index (χ4n) is 4.03. The molecule has 2 aliphatic rings. The molecular weight excluding hydrogens is 271 g/mol. The topological polar surface area (TPSA) is 49.5 Å². The van der Waals surface area contributed by atoms with Crippen LogP contribution in [-0.2, 0) is 6.54 Å². The first-order valence-corrected chi connectivity index (χ1v) is 7.65. The quantitative estimate of drug-likeness (QED) is 0.924. The first kappa shape index (κ1) is 13.2. The molecule has 5 heteroatoms. The molecule has 1 aliphatic carbocycles. The van der Waals surface area contributed by atoms with Gasteiger partial charge in [0, 0.05) is 18.2 Å². The predicted molar refractivity (Wildman–Crippen MR) is 76.2 cm³/mol. The highest BCUT2D eigenvalue weighted by atomic mass is 19.1. The highest BCUT2D eigenvalue weighted by molar-refractivity contribution is 5.72. The number of oxazole rings is 1. The Morgan fingerprint density at radius 3 is 3.00 bits per heavy atom. The van der Waals surface area contributed by atoms with Crippen LogP contribution in [0.5, 0.6) is 0 Å². The third-order valence-corrected chi connectivity index (χ3v) is 5.11. The minimum Gasteiger partial charge on any atom is -0.439 e. The van der Waals surface area contributed by atoms with Crippen LogP contribution >= 0.6 is 0 Å². The van der Waals surface area contributed by atoms with Gasteiger partial charge >= 0.3 is 0 Å². The maximum Gasteiger partial charge on any atom is 0.209 e. The highest BCUT2D eigenvalue weighted by Gasteiger charge is 2.49. The van der Waals surface area contributed by atoms with Crippen LogP contribution in [-0.4, -0.2) is 33.2 Å². The first-order chi connectivity index (χ1) is 10.2. The molecule has 2 heterocycles. The van der Waals surface area contributed by atoms with Gasteiger partial charge in [0.15, 0.2) is 5.58 Å². The van der Waals surface area contributed by atoms with Crippen molar-refractivity contribution >= 4 is 11.1 Å². The van der Waals surface area contributed by atoms with E-state index in [0.29, 0.717) is 23.5 Å². The van der Waals surface area contributed by atoms with E-state index in [0.717, 1.165) is 25.8 Å². The van der Waals surface area contributed by atoms with Crippen molar-refractivity contribution in [3.63, 3.8) is 0 Å². The molecule has 1 spiro atoms. The molecule has 112 valence electrons. The monoisotopic (exact) mass is 290 g/mol. The number of aromatic nitrogens is 1. The van der Waals surface area contributed by atoms with Gasteiger partial charge in [0.05, 0.1) is 12.6 Å². The van der Waals surface area contributed by atoms with Gasteiger partial charge in [-0.05, 0) is 31.4 Å². The SMILES string of the molecule is OC1CCN(Cc2nc3cc(F)ccc3o2)C12CCCC2. The molecule has 2 aromatic rings. The minimum absolute atomic E-state index is 0.0914. The lowest BCUT2D eigenvalue weighted by Crippen LogP contribution is -2.47. The fraction of sp³-hybridized carbons (Fsp3) is 0.562. The van der Waals surface area contributed by atoms with Crippen molar-refractivity contribution in [3.8, 4) is 0 Å². The summed E-state index contributed by atoms with van der Waals surface area (Å²) in [5, 5.41) is 10.4. The lowest BCUT2D eigenvalue weighted by Gasteiger charge is -2.36. The molecule has 1 aromatic carbocycles. The molecule has 1 N–H and O–H groups in total. The molecule has 1 aliphatic heterocycles. The van der Waals surface area contributed by atoms with Crippen molar-refractivity contribution in [2.45, 2.75) is 50.3 Å². The number of benzene rings is 1. The summed E-state index contributed by atoms with van der Waals surface area (Å²) in [5.74, 6) is 0.308. The van der Waals surface area contributed by atoms with Gasteiger partial charge in [-0.3, -0.25) is 4.90 Å². The summed E-state index contributed by atoms with van der Waals surface area (Å²) < 4.78 is 18.9. The lowest BCUT2D eigenvalue weighted by molar-refractivity contribution is 0.0240. The zero-order chi connectivity index (χ0) is 14.4. The number of rotatable bonds is 2. The summed E-state index contributed by atoms with van der Waals surface area (Å²) in [7, 11) is 0. The van der Waals surface area contributed by atoms with Gasteiger partial charge in [0.2, 0.25) is 5.89 Å². The minimum atomic E-state index is -0.300. The summed E-state index contributed by atoms with van der Waals surface area (Å²) in [4.78, 5) is 6.70. The van der Waals surface area contributed by atoms with Crippen LogP contribution in [0.4, 0.5) is 4.39 Å². The van der Waals surface area contributed by atoms with Gasteiger partial charge in [0.25, 0.3) is 0 Å². The second-order valence-corrected chi connectivity index (χ2v) is 6.26. The number of aliphatic hydroxyl groups is 1. The summed E-state index contributed by atoms with van der Waals surface area (Å²) in [6.45, 7) is 1.46. The molecule has 4 nitrogen and oxygen atoms in total. The molecule has 1 saturated heterocycles. The summed E-state index contributed by atoms with van der Waals surface area (Å²) in [6, 6.07) is 4.40. The second kappa shape index (κ2) is 4.78. The number of aliphatic hydroxyl groups excluding tert-OH is 1. The maximum absolute atomic E-state index is 13.2. The number of nitrogens with zero attached hydrogens (tertiary/aromatic N) is 2. The van der Waals surface area contributed by atoms with Gasteiger partial charge in [-0.25, -0.2) is 9.37 Å². The van der Waals surface area contributed by atoms with Crippen molar-refractivity contribution in [2.24, 2.45) is 0 Å². The highest BCUT2D eigenvalue weighted by Crippen LogP contribution is 2.44. The van der Waals surface area contributed by atoms with E-state index >= 15 is 0 Å². The zero-order valence-electron chi connectivity index (χ0n) is 11.9. The van der Waals surface area contributed by atoms with E-state index in [2.05, 4.69) is 9.88 Å². The Balaban J connectivity index is 1.62. The Morgan fingerprint density at radius 1 is 1.38 bits per heavy atom. The van der Waals surface area contributed by atoms with E-state index in [1.54, 1.807) is 6.07 Å². The number of fused-ring (bicyclic) bond motifs is 1. The van der Waals surface area contributed by atoms with Crippen LogP contribution in [0.3, 0.4) is 0 Å². The molecule has 2 fully saturated rings. The van der Waals surface area contributed by atoms with E-state index in [4.69, 9.17) is 4.42 Å². The second-order valence-electron chi connectivity index (χ2n) is 6.26.